The molecule has 5 rings (SSSR count). The van der Waals surface area contributed by atoms with Crippen LogP contribution in [0.2, 0.25) is 0 Å². The number of carboxylic acids is 1. The van der Waals surface area contributed by atoms with Crippen LogP contribution < -0.4 is 10.6 Å². The summed E-state index contributed by atoms with van der Waals surface area (Å²) in [6.07, 6.45) is 7.56. The van der Waals surface area contributed by atoms with Crippen molar-refractivity contribution in [1.82, 2.24) is 5.32 Å². The maximum atomic E-state index is 13.1. The average Bonchev–Trinajstić information content (AvgIpc) is 2.98. The standard InChI is InChI=1S/C26H30N2O4/c1-25-11-12-27-22(29)13-15(25)7-8-16-18(25)9-10-26(2,24(31)32)19(16)14-21-23(30)17-5-3-4-6-20(17)28-21/h3-6,13-14,16,18-19,28H,7-12H2,1-2H3,(H,27,29)(H,31,32)/b21-14-/t16-,18+,19+,25+,26+/m1/s1. The third-order valence-electron chi connectivity index (χ3n) is 8.76. The zero-order valence-electron chi connectivity index (χ0n) is 18.6. The van der Waals surface area contributed by atoms with Gasteiger partial charge >= 0.3 is 5.97 Å². The molecule has 1 aromatic carbocycles. The molecule has 0 saturated heterocycles. The van der Waals surface area contributed by atoms with E-state index in [2.05, 4.69) is 17.6 Å². The Kier molecular flexibility index (Phi) is 4.80. The lowest BCUT2D eigenvalue weighted by Crippen LogP contribution is -2.52. The molecule has 0 spiro atoms. The number of rotatable bonds is 2. The van der Waals surface area contributed by atoms with Crippen molar-refractivity contribution in [2.24, 2.45) is 28.6 Å². The average molecular weight is 435 g/mol. The van der Waals surface area contributed by atoms with E-state index in [0.29, 0.717) is 24.2 Å². The number of aliphatic carboxylic acids is 1. The number of para-hydroxylation sites is 1. The molecule has 2 aliphatic carbocycles. The predicted molar refractivity (Wildman–Crippen MR) is 121 cm³/mol. The van der Waals surface area contributed by atoms with E-state index in [9.17, 15) is 19.5 Å². The summed E-state index contributed by atoms with van der Waals surface area (Å²) in [6, 6.07) is 7.41. The molecule has 2 aliphatic heterocycles. The van der Waals surface area contributed by atoms with E-state index in [1.54, 1.807) is 12.1 Å². The normalized spacial score (nSPS) is 37.4. The Bertz CT molecular complexity index is 1070. The molecule has 3 N–H and O–H groups in total. The molecule has 2 fully saturated rings. The molecule has 2 heterocycles. The lowest BCUT2D eigenvalue weighted by molar-refractivity contribution is -0.158. The van der Waals surface area contributed by atoms with Crippen LogP contribution in [-0.2, 0) is 9.59 Å². The van der Waals surface area contributed by atoms with E-state index < -0.39 is 11.4 Å². The molecule has 6 nitrogen and oxygen atoms in total. The van der Waals surface area contributed by atoms with Crippen molar-refractivity contribution in [3.05, 3.63) is 53.3 Å². The third kappa shape index (κ3) is 3.03. The fraction of sp³-hybridized carbons (Fsp3) is 0.500. The topological polar surface area (TPSA) is 95.5 Å². The van der Waals surface area contributed by atoms with Crippen molar-refractivity contribution in [2.75, 3.05) is 11.9 Å². The third-order valence-corrected chi connectivity index (χ3v) is 8.76. The molecule has 1 amide bonds. The van der Waals surface area contributed by atoms with Crippen LogP contribution in [0, 0.1) is 28.6 Å². The molecular weight excluding hydrogens is 404 g/mol. The van der Waals surface area contributed by atoms with Crippen LogP contribution in [0.25, 0.3) is 0 Å². The van der Waals surface area contributed by atoms with Crippen molar-refractivity contribution in [3.8, 4) is 0 Å². The molecule has 5 atom stereocenters. The first-order chi connectivity index (χ1) is 15.2. The number of hydrogen-bond acceptors (Lipinski definition) is 4. The minimum absolute atomic E-state index is 0.0226. The number of carbonyl (C=O) groups excluding carboxylic acids is 2. The number of allylic oxidation sites excluding steroid dienone is 3. The minimum atomic E-state index is -0.929. The number of amides is 1. The Labute approximate surface area is 188 Å². The smallest absolute Gasteiger partial charge is 0.309 e. The lowest BCUT2D eigenvalue weighted by atomic mass is 9.48. The number of fused-ring (bicyclic) bond motifs is 4. The maximum absolute atomic E-state index is 13.1. The largest absolute Gasteiger partial charge is 0.481 e. The van der Waals surface area contributed by atoms with Gasteiger partial charge < -0.3 is 15.7 Å². The highest BCUT2D eigenvalue weighted by molar-refractivity contribution is 6.18. The number of benzene rings is 1. The van der Waals surface area contributed by atoms with E-state index in [1.807, 2.05) is 31.2 Å². The van der Waals surface area contributed by atoms with Crippen LogP contribution in [0.3, 0.4) is 0 Å². The predicted octanol–water partition coefficient (Wildman–Crippen LogP) is 4.16. The summed E-state index contributed by atoms with van der Waals surface area (Å²) in [5.41, 5.74) is 2.05. The van der Waals surface area contributed by atoms with Gasteiger partial charge in [0, 0.05) is 23.9 Å². The molecule has 168 valence electrons. The highest BCUT2D eigenvalue weighted by Gasteiger charge is 2.56. The van der Waals surface area contributed by atoms with E-state index >= 15 is 0 Å². The van der Waals surface area contributed by atoms with Crippen LogP contribution in [-0.4, -0.2) is 29.3 Å². The van der Waals surface area contributed by atoms with Crippen LogP contribution in [0.15, 0.2) is 47.7 Å². The van der Waals surface area contributed by atoms with Crippen LogP contribution in [0.5, 0.6) is 0 Å². The van der Waals surface area contributed by atoms with E-state index in [1.165, 1.54) is 5.57 Å². The summed E-state index contributed by atoms with van der Waals surface area (Å²) >= 11 is 0. The van der Waals surface area contributed by atoms with Gasteiger partial charge in [0.05, 0.1) is 11.1 Å². The monoisotopic (exact) mass is 434 g/mol. The number of carboxylic acid groups (broad SMARTS) is 1. The van der Waals surface area contributed by atoms with Gasteiger partial charge in [-0.25, -0.2) is 0 Å². The van der Waals surface area contributed by atoms with Crippen LogP contribution in [0.1, 0.15) is 56.3 Å². The second-order valence-corrected chi connectivity index (χ2v) is 10.3. The van der Waals surface area contributed by atoms with Gasteiger partial charge in [0.2, 0.25) is 11.7 Å². The molecule has 0 unspecified atom stereocenters. The van der Waals surface area contributed by atoms with Crippen LogP contribution in [0.4, 0.5) is 5.69 Å². The molecule has 2 saturated carbocycles. The molecule has 1 aromatic rings. The fourth-order valence-corrected chi connectivity index (χ4v) is 6.81. The van der Waals surface area contributed by atoms with Gasteiger partial charge in [-0.2, -0.15) is 0 Å². The van der Waals surface area contributed by atoms with Crippen molar-refractivity contribution in [1.29, 1.82) is 0 Å². The number of nitrogens with one attached hydrogen (secondary N) is 2. The Morgan fingerprint density at radius 3 is 2.69 bits per heavy atom. The molecule has 6 heteroatoms. The van der Waals surface area contributed by atoms with Gasteiger partial charge in [-0.05, 0) is 74.3 Å². The second-order valence-electron chi connectivity index (χ2n) is 10.3. The summed E-state index contributed by atoms with van der Waals surface area (Å²) in [5, 5.41) is 16.5. The summed E-state index contributed by atoms with van der Waals surface area (Å²) in [4.78, 5) is 37.7. The Hall–Kier alpha value is -2.89. The number of carbonyl (C=O) groups is 3. The molecule has 32 heavy (non-hydrogen) atoms. The molecule has 0 bridgehead atoms. The van der Waals surface area contributed by atoms with Gasteiger partial charge in [-0.15, -0.1) is 0 Å². The molecule has 0 aromatic heterocycles. The minimum Gasteiger partial charge on any atom is -0.481 e. The summed E-state index contributed by atoms with van der Waals surface area (Å²) in [7, 11) is 0. The van der Waals surface area contributed by atoms with Crippen molar-refractivity contribution >= 4 is 23.3 Å². The highest BCUT2D eigenvalue weighted by Crippen LogP contribution is 2.61. The number of ketones is 1. The van der Waals surface area contributed by atoms with Crippen molar-refractivity contribution in [3.63, 3.8) is 0 Å². The van der Waals surface area contributed by atoms with E-state index in [4.69, 9.17) is 0 Å². The summed E-state index contributed by atoms with van der Waals surface area (Å²) in [6.45, 7) is 4.72. The van der Waals surface area contributed by atoms with Crippen molar-refractivity contribution < 1.29 is 19.5 Å². The van der Waals surface area contributed by atoms with E-state index in [0.717, 1.165) is 31.4 Å². The first kappa shape index (κ1) is 21.0. The lowest BCUT2D eigenvalue weighted by Gasteiger charge is -2.56. The second kappa shape index (κ2) is 7.32. The Morgan fingerprint density at radius 1 is 1.16 bits per heavy atom. The van der Waals surface area contributed by atoms with Gasteiger partial charge in [0.1, 0.15) is 0 Å². The maximum Gasteiger partial charge on any atom is 0.309 e. The van der Waals surface area contributed by atoms with Gasteiger partial charge in [-0.3, -0.25) is 14.4 Å². The van der Waals surface area contributed by atoms with Gasteiger partial charge in [0.15, 0.2) is 0 Å². The van der Waals surface area contributed by atoms with E-state index in [-0.39, 0.29) is 34.9 Å². The first-order valence-electron chi connectivity index (χ1n) is 11.6. The number of hydrogen-bond donors (Lipinski definition) is 3. The van der Waals surface area contributed by atoms with Crippen molar-refractivity contribution in [2.45, 2.75) is 46.0 Å². The van der Waals surface area contributed by atoms with Crippen LogP contribution >= 0.6 is 0 Å². The number of Topliss-reactive ketones (excluding diaryl/α,β-unsaturated/α-hetero) is 1. The first-order valence-corrected chi connectivity index (χ1v) is 11.6. The highest BCUT2D eigenvalue weighted by atomic mass is 16.4. The Balaban J connectivity index is 1.56. The van der Waals surface area contributed by atoms with Gasteiger partial charge in [0.25, 0.3) is 0 Å². The summed E-state index contributed by atoms with van der Waals surface area (Å²) < 4.78 is 0. The Morgan fingerprint density at radius 2 is 1.94 bits per heavy atom. The molecular formula is C26H30N2O4. The fourth-order valence-electron chi connectivity index (χ4n) is 6.81. The zero-order valence-corrected chi connectivity index (χ0v) is 18.6. The van der Waals surface area contributed by atoms with Gasteiger partial charge in [-0.1, -0.05) is 30.7 Å². The summed E-state index contributed by atoms with van der Waals surface area (Å²) in [5.74, 6) is -0.725. The number of anilines is 1. The molecule has 0 radical (unpaired) electrons. The quantitative estimate of drug-likeness (QED) is 0.608. The zero-order chi connectivity index (χ0) is 22.7. The SMILES string of the molecule is C[C@]12CCNC(=O)C=C1CC[C@@H]1[C@@H]2CC[C@](C)(C(=O)O)[C@H]1/C=C1\Nc2ccccc2C1=O. The molecule has 4 aliphatic rings.